The minimum atomic E-state index is -0.368. The Labute approximate surface area is 140 Å². The number of hydrogen-bond acceptors (Lipinski definition) is 4. The third-order valence-electron chi connectivity index (χ3n) is 3.75. The Morgan fingerprint density at radius 1 is 1.04 bits per heavy atom. The molecule has 0 fully saturated rings. The normalized spacial score (nSPS) is 11.2. The van der Waals surface area contributed by atoms with Gasteiger partial charge in [0.25, 0.3) is 11.1 Å². The third-order valence-corrected chi connectivity index (χ3v) is 4.00. The Kier molecular flexibility index (Phi) is 3.39. The summed E-state index contributed by atoms with van der Waals surface area (Å²) in [5.41, 5.74) is 0.948. The van der Waals surface area contributed by atoms with Gasteiger partial charge in [0.15, 0.2) is 0 Å². The molecule has 7 heteroatoms. The third kappa shape index (κ3) is 2.47. The van der Waals surface area contributed by atoms with E-state index in [-0.39, 0.29) is 22.6 Å². The summed E-state index contributed by atoms with van der Waals surface area (Å²) in [6.45, 7) is 0. The van der Waals surface area contributed by atoms with E-state index in [1.165, 1.54) is 0 Å². The molecule has 0 amide bonds. The van der Waals surface area contributed by atoms with Gasteiger partial charge in [-0.15, -0.1) is 0 Å². The first-order chi connectivity index (χ1) is 11.6. The van der Waals surface area contributed by atoms with Gasteiger partial charge in [-0.05, 0) is 29.8 Å². The van der Waals surface area contributed by atoms with Crippen LogP contribution in [0.4, 0.5) is 0 Å². The van der Waals surface area contributed by atoms with Crippen LogP contribution in [0.3, 0.4) is 0 Å². The second kappa shape index (κ2) is 5.58. The van der Waals surface area contributed by atoms with Gasteiger partial charge in [0.1, 0.15) is 5.69 Å². The maximum absolute atomic E-state index is 12.6. The number of halogens is 1. The smallest absolute Gasteiger partial charge is 0.283 e. The molecule has 0 spiro atoms. The summed E-state index contributed by atoms with van der Waals surface area (Å²) in [6, 6.07) is 14.1. The lowest BCUT2D eigenvalue weighted by atomic mass is 10.1. The highest BCUT2D eigenvalue weighted by molar-refractivity contribution is 6.30. The van der Waals surface area contributed by atoms with Crippen molar-refractivity contribution in [3.8, 4) is 0 Å². The van der Waals surface area contributed by atoms with E-state index in [1.807, 2.05) is 12.1 Å². The highest BCUT2D eigenvalue weighted by atomic mass is 35.5. The van der Waals surface area contributed by atoms with Gasteiger partial charge in [0, 0.05) is 11.4 Å². The molecular weight excluding hydrogens is 328 g/mol. The van der Waals surface area contributed by atoms with Crippen LogP contribution in [0.15, 0.2) is 58.1 Å². The Morgan fingerprint density at radius 2 is 1.79 bits per heavy atom. The second-order valence-corrected chi connectivity index (χ2v) is 5.81. The highest BCUT2D eigenvalue weighted by Gasteiger charge is 2.11. The topological polar surface area (TPSA) is 80.1 Å². The molecule has 0 aliphatic rings. The fraction of sp³-hybridized carbons (Fsp3) is 0.0588. The van der Waals surface area contributed by atoms with Gasteiger partial charge in [0.2, 0.25) is 5.78 Å². The zero-order chi connectivity index (χ0) is 16.7. The number of para-hydroxylation sites is 1. The van der Waals surface area contributed by atoms with E-state index in [9.17, 15) is 9.59 Å². The molecule has 4 aromatic rings. The zero-order valence-corrected chi connectivity index (χ0v) is 13.1. The largest absolute Gasteiger partial charge is 0.289 e. The second-order valence-electron chi connectivity index (χ2n) is 5.37. The van der Waals surface area contributed by atoms with E-state index < -0.39 is 0 Å². The molecule has 0 aliphatic carbocycles. The number of fused-ring (bicyclic) bond motifs is 2. The van der Waals surface area contributed by atoms with Crippen LogP contribution in [0.1, 0.15) is 11.3 Å². The van der Waals surface area contributed by atoms with Gasteiger partial charge in [-0.1, -0.05) is 35.9 Å². The van der Waals surface area contributed by atoms with Gasteiger partial charge in [-0.2, -0.15) is 9.61 Å². The van der Waals surface area contributed by atoms with Crippen LogP contribution in [-0.4, -0.2) is 19.6 Å². The Bertz CT molecular complexity index is 1180. The lowest BCUT2D eigenvalue weighted by Gasteiger charge is -2.05. The summed E-state index contributed by atoms with van der Waals surface area (Å²) in [5, 5.41) is 5.27. The molecule has 0 aliphatic heterocycles. The molecule has 2 aromatic heterocycles. The molecule has 6 nitrogen and oxygen atoms in total. The first-order valence-corrected chi connectivity index (χ1v) is 7.65. The molecule has 118 valence electrons. The molecule has 0 saturated carbocycles. The quantitative estimate of drug-likeness (QED) is 0.568. The van der Waals surface area contributed by atoms with Crippen molar-refractivity contribution in [1.29, 1.82) is 0 Å². The molecule has 24 heavy (non-hydrogen) atoms. The molecule has 0 atom stereocenters. The molecule has 0 bridgehead atoms. The van der Waals surface area contributed by atoms with Crippen LogP contribution in [0, 0.1) is 0 Å². The molecule has 1 N–H and O–H groups in total. The number of nitrogens with one attached hydrogen (secondary N) is 1. The van der Waals surface area contributed by atoms with Crippen molar-refractivity contribution < 1.29 is 0 Å². The first-order valence-electron chi connectivity index (χ1n) is 7.27. The maximum Gasteiger partial charge on any atom is 0.283 e. The summed E-state index contributed by atoms with van der Waals surface area (Å²) < 4.78 is 1.13. The summed E-state index contributed by atoms with van der Waals surface area (Å²) in [5.74, 6) is 0.128. The molecule has 4 rings (SSSR count). The Morgan fingerprint density at radius 3 is 2.58 bits per heavy atom. The van der Waals surface area contributed by atoms with Crippen LogP contribution >= 0.6 is 11.6 Å². The maximum atomic E-state index is 12.6. The number of nitrogens with zero attached hydrogens (tertiary/aromatic N) is 3. The van der Waals surface area contributed by atoms with E-state index in [0.29, 0.717) is 22.3 Å². The zero-order valence-electron chi connectivity index (χ0n) is 12.4. The number of rotatable bonds is 2. The number of hydrogen-bond donors (Lipinski definition) is 1. The van der Waals surface area contributed by atoms with Crippen molar-refractivity contribution in [1.82, 2.24) is 19.6 Å². The summed E-state index contributed by atoms with van der Waals surface area (Å²) >= 11 is 5.86. The van der Waals surface area contributed by atoms with Gasteiger partial charge in [0.05, 0.1) is 10.9 Å². The van der Waals surface area contributed by atoms with Crippen molar-refractivity contribution in [2.45, 2.75) is 6.42 Å². The molecular formula is C17H11ClN4O2. The number of H-pyrrole nitrogens is 1. The Balaban J connectivity index is 1.91. The van der Waals surface area contributed by atoms with E-state index in [1.54, 1.807) is 36.4 Å². The summed E-state index contributed by atoms with van der Waals surface area (Å²) in [4.78, 5) is 31.7. The lowest BCUT2D eigenvalue weighted by molar-refractivity contribution is 0.790. The van der Waals surface area contributed by atoms with Crippen molar-refractivity contribution in [3.05, 3.63) is 85.5 Å². The van der Waals surface area contributed by atoms with Crippen molar-refractivity contribution in [3.63, 3.8) is 0 Å². The minimum absolute atomic E-state index is 0.128. The van der Waals surface area contributed by atoms with Gasteiger partial charge in [-0.25, -0.2) is 4.98 Å². The van der Waals surface area contributed by atoms with E-state index in [4.69, 9.17) is 11.6 Å². The van der Waals surface area contributed by atoms with E-state index in [2.05, 4.69) is 15.1 Å². The van der Waals surface area contributed by atoms with Crippen molar-refractivity contribution in [2.24, 2.45) is 0 Å². The van der Waals surface area contributed by atoms with Crippen LogP contribution in [0.5, 0.6) is 0 Å². The van der Waals surface area contributed by atoms with Gasteiger partial charge < -0.3 is 0 Å². The minimum Gasteiger partial charge on any atom is -0.289 e. The molecule has 0 unspecified atom stereocenters. The monoisotopic (exact) mass is 338 g/mol. The molecule has 0 radical (unpaired) electrons. The highest BCUT2D eigenvalue weighted by Crippen LogP contribution is 2.11. The van der Waals surface area contributed by atoms with E-state index >= 15 is 0 Å². The fourth-order valence-corrected chi connectivity index (χ4v) is 2.67. The summed E-state index contributed by atoms with van der Waals surface area (Å²) in [6.07, 6.45) is 0.293. The van der Waals surface area contributed by atoms with Crippen LogP contribution in [0.2, 0.25) is 5.02 Å². The van der Waals surface area contributed by atoms with Crippen LogP contribution in [0.25, 0.3) is 16.7 Å². The van der Waals surface area contributed by atoms with Crippen molar-refractivity contribution in [2.75, 3.05) is 0 Å². The number of aromatic nitrogens is 4. The average molecular weight is 339 g/mol. The van der Waals surface area contributed by atoms with Gasteiger partial charge in [-0.3, -0.25) is 14.6 Å². The summed E-state index contributed by atoms with van der Waals surface area (Å²) in [7, 11) is 0. The average Bonchev–Trinajstić information content (AvgIpc) is 2.58. The van der Waals surface area contributed by atoms with Crippen molar-refractivity contribution >= 4 is 28.3 Å². The SMILES string of the molecule is O=c1[nH]c2nc3ccccc3c(=O)n2nc1Cc1ccc(Cl)cc1. The number of aromatic amines is 1. The molecule has 2 aromatic carbocycles. The molecule has 2 heterocycles. The van der Waals surface area contributed by atoms with E-state index in [0.717, 1.165) is 10.1 Å². The standard InChI is InChI=1S/C17H11ClN4O2/c18-11-7-5-10(6-8-11)9-14-15(23)20-17-19-13-4-2-1-3-12(13)16(24)22(17)21-14/h1-8H,9H2,(H,19,20,23). The van der Waals surface area contributed by atoms with Crippen LogP contribution < -0.4 is 11.1 Å². The Hall–Kier alpha value is -2.99. The molecule has 0 saturated heterocycles. The fourth-order valence-electron chi connectivity index (χ4n) is 2.55. The predicted octanol–water partition coefficient (Wildman–Crippen LogP) is 2.18. The lowest BCUT2D eigenvalue weighted by Crippen LogP contribution is -2.27. The van der Waals surface area contributed by atoms with Gasteiger partial charge >= 0.3 is 0 Å². The number of benzene rings is 2. The van der Waals surface area contributed by atoms with Crippen LogP contribution in [-0.2, 0) is 6.42 Å². The predicted molar refractivity (Wildman–Crippen MR) is 91.6 cm³/mol. The first kappa shape index (κ1) is 14.6.